The van der Waals surface area contributed by atoms with Gasteiger partial charge in [-0.3, -0.25) is 5.06 Å². The molecule has 1 aliphatic heterocycles. The van der Waals surface area contributed by atoms with Gasteiger partial charge in [-0.2, -0.15) is 4.99 Å². The van der Waals surface area contributed by atoms with Crippen molar-refractivity contribution in [3.05, 3.63) is 17.5 Å². The average Bonchev–Trinajstić information content (AvgIpc) is 1.77. The summed E-state index contributed by atoms with van der Waals surface area (Å²) >= 11 is 4.53. The van der Waals surface area contributed by atoms with Crippen LogP contribution in [0.25, 0.3) is 0 Å². The van der Waals surface area contributed by atoms with E-state index in [1.807, 2.05) is 0 Å². The van der Waals surface area contributed by atoms with Gasteiger partial charge in [0.05, 0.1) is 0 Å². The van der Waals surface area contributed by atoms with Gasteiger partial charge >= 0.3 is 0 Å². The topological polar surface area (TPSA) is 39.9 Å². The summed E-state index contributed by atoms with van der Waals surface area (Å²) in [6, 6.07) is 0. The number of nitrogens with one attached hydrogen (secondary N) is 1. The van der Waals surface area contributed by atoms with Crippen LogP contribution in [0.4, 0.5) is 0 Å². The van der Waals surface area contributed by atoms with Gasteiger partial charge < -0.3 is 5.21 Å². The summed E-state index contributed by atoms with van der Waals surface area (Å²) in [6.07, 6.45) is 4.47. The number of allylic oxidation sites excluding steroid dienone is 1. The fraction of sp³-hybridized carbons (Fsp3) is 0. The van der Waals surface area contributed by atoms with Gasteiger partial charge in [0.25, 0.3) is 5.11 Å². The Bertz CT molecular complexity index is 168. The minimum Gasteiger partial charge on any atom is -0.622 e. The second-order valence-corrected chi connectivity index (χ2v) is 1.69. The monoisotopic (exact) mass is 151 g/mol. The normalized spacial score (nSPS) is 23.7. The van der Waals surface area contributed by atoms with Crippen molar-refractivity contribution in [2.75, 3.05) is 0 Å². The fourth-order valence-corrected chi connectivity index (χ4v) is 0.505. The molecule has 1 N–H and O–H groups in total. The van der Waals surface area contributed by atoms with Crippen LogP contribution in [-0.4, -0.2) is 40.9 Å². The average molecular weight is 151 g/mol. The van der Waals surface area contributed by atoms with Crippen LogP contribution in [0, 0.1) is 5.21 Å². The molecule has 1 rings (SSSR count). The number of hydroxylamine groups is 2. The van der Waals surface area contributed by atoms with Crippen LogP contribution in [0.2, 0.25) is 0 Å². The third-order valence-electron chi connectivity index (χ3n) is 0.736. The van der Waals surface area contributed by atoms with Crippen molar-refractivity contribution < 1.29 is 5.06 Å². The van der Waals surface area contributed by atoms with Crippen LogP contribution >= 0.6 is 12.2 Å². The molecule has 0 aliphatic carbocycles. The smallest absolute Gasteiger partial charge is 0.299 e. The largest absolute Gasteiger partial charge is 0.622 e. The maximum Gasteiger partial charge on any atom is 0.299 e. The Morgan fingerprint density at radius 1 is 1.67 bits per heavy atom. The molecule has 0 aromatic carbocycles. The van der Waals surface area contributed by atoms with Gasteiger partial charge in [0, 0.05) is 54.1 Å². The first-order chi connectivity index (χ1) is 3.80. The number of hydrogen-bond acceptors (Lipinski definition) is 2. The SMILES string of the molecule is [Na].[O-][NH+]1C=CC=NC1=S. The van der Waals surface area contributed by atoms with Crippen LogP contribution < -0.4 is 5.06 Å². The maximum absolute atomic E-state index is 10.5. The van der Waals surface area contributed by atoms with Crippen molar-refractivity contribution in [1.29, 1.82) is 0 Å². The Labute approximate surface area is 80.3 Å². The number of rotatable bonds is 0. The summed E-state index contributed by atoms with van der Waals surface area (Å²) in [4.78, 5) is 3.58. The van der Waals surface area contributed by atoms with Gasteiger partial charge in [-0.05, 0) is 0 Å². The Balaban J connectivity index is 0.000000640. The molecule has 0 amide bonds. The van der Waals surface area contributed by atoms with Crippen molar-refractivity contribution in [2.45, 2.75) is 0 Å². The molecule has 1 atom stereocenters. The van der Waals surface area contributed by atoms with E-state index in [2.05, 4.69) is 17.2 Å². The van der Waals surface area contributed by atoms with Crippen molar-refractivity contribution in [1.82, 2.24) is 0 Å². The second-order valence-electron chi connectivity index (χ2n) is 1.31. The summed E-state index contributed by atoms with van der Waals surface area (Å²) < 4.78 is 0. The van der Waals surface area contributed by atoms with Gasteiger partial charge in [-0.15, -0.1) is 0 Å². The molecule has 1 radical (unpaired) electrons. The Kier molecular flexibility index (Phi) is 4.47. The molecule has 1 heterocycles. The van der Waals surface area contributed by atoms with E-state index < -0.39 is 0 Å². The van der Waals surface area contributed by atoms with Crippen LogP contribution in [0.5, 0.6) is 0 Å². The molecular weight excluding hydrogens is 147 g/mol. The second kappa shape index (κ2) is 4.27. The van der Waals surface area contributed by atoms with Crippen LogP contribution in [0.15, 0.2) is 17.3 Å². The van der Waals surface area contributed by atoms with E-state index in [4.69, 9.17) is 0 Å². The van der Waals surface area contributed by atoms with E-state index in [-0.39, 0.29) is 39.7 Å². The van der Waals surface area contributed by atoms with Gasteiger partial charge in [-0.25, -0.2) is 0 Å². The zero-order chi connectivity index (χ0) is 5.98. The Morgan fingerprint density at radius 2 is 2.33 bits per heavy atom. The third-order valence-corrected chi connectivity index (χ3v) is 1.04. The quantitative estimate of drug-likeness (QED) is 0.270. The molecule has 0 spiro atoms. The van der Waals surface area contributed by atoms with E-state index in [0.29, 0.717) is 0 Å². The zero-order valence-electron chi connectivity index (χ0n) is 5.00. The molecule has 1 unspecified atom stereocenters. The molecule has 43 valence electrons. The summed E-state index contributed by atoms with van der Waals surface area (Å²) in [5, 5.41) is 10.4. The minimum atomic E-state index is -0.178. The summed E-state index contributed by atoms with van der Waals surface area (Å²) in [5.41, 5.74) is 0. The predicted octanol–water partition coefficient (Wildman–Crippen LogP) is -1.13. The number of quaternary nitrogens is 1. The predicted molar refractivity (Wildman–Crippen MR) is 40.3 cm³/mol. The molecule has 5 heteroatoms. The first-order valence-electron chi connectivity index (χ1n) is 2.10. The Hall–Kier alpha value is 0.420. The Morgan fingerprint density at radius 3 is 2.67 bits per heavy atom. The first kappa shape index (κ1) is 9.42. The van der Waals surface area contributed by atoms with Gasteiger partial charge in [-0.1, -0.05) is 0 Å². The maximum atomic E-state index is 10.5. The molecular formula is C4H4N2NaOS. The van der Waals surface area contributed by atoms with E-state index in [9.17, 15) is 5.21 Å². The summed E-state index contributed by atoms with van der Waals surface area (Å²) in [7, 11) is 0. The number of hydrogen-bond donors (Lipinski definition) is 1. The number of aliphatic imine (C=N–C) groups is 1. The van der Waals surface area contributed by atoms with Crippen molar-refractivity contribution >= 4 is 53.1 Å². The van der Waals surface area contributed by atoms with Gasteiger partial charge in [0.2, 0.25) is 0 Å². The molecule has 0 aromatic heterocycles. The van der Waals surface area contributed by atoms with Crippen LogP contribution in [0.3, 0.4) is 0 Å². The van der Waals surface area contributed by atoms with Crippen LogP contribution in [-0.2, 0) is 0 Å². The van der Waals surface area contributed by atoms with Gasteiger partial charge in [0.15, 0.2) is 0 Å². The zero-order valence-corrected chi connectivity index (χ0v) is 7.81. The van der Waals surface area contributed by atoms with E-state index in [1.165, 1.54) is 12.4 Å². The van der Waals surface area contributed by atoms with Gasteiger partial charge in [0.1, 0.15) is 6.20 Å². The van der Waals surface area contributed by atoms with E-state index in [0.717, 1.165) is 0 Å². The minimum absolute atomic E-state index is 0. The van der Waals surface area contributed by atoms with Crippen LogP contribution in [0.1, 0.15) is 0 Å². The van der Waals surface area contributed by atoms with E-state index in [1.54, 1.807) is 6.08 Å². The molecule has 0 saturated carbocycles. The van der Waals surface area contributed by atoms with E-state index >= 15 is 0 Å². The summed E-state index contributed by atoms with van der Waals surface area (Å²) in [6.45, 7) is 0. The summed E-state index contributed by atoms with van der Waals surface area (Å²) in [5.74, 6) is 0. The van der Waals surface area contributed by atoms with Crippen molar-refractivity contribution in [3.63, 3.8) is 0 Å². The fourth-order valence-electron chi connectivity index (χ4n) is 0.376. The molecule has 3 nitrogen and oxygen atoms in total. The third kappa shape index (κ3) is 2.66. The molecule has 1 aliphatic rings. The number of nitrogens with zero attached hydrogens (tertiary/aromatic N) is 1. The molecule has 0 bridgehead atoms. The molecule has 9 heavy (non-hydrogen) atoms. The first-order valence-corrected chi connectivity index (χ1v) is 2.50. The standard InChI is InChI=1S/C4H4N2OS.Na/c7-6-3-1-2-5-4(6)8;/h1-3,6H;. The number of thiocarbonyl (C=S) groups is 1. The van der Waals surface area contributed by atoms with Crippen molar-refractivity contribution in [3.8, 4) is 0 Å². The molecule has 0 aromatic rings. The van der Waals surface area contributed by atoms with Crippen molar-refractivity contribution in [2.24, 2.45) is 4.99 Å². The molecule has 0 fully saturated rings. The molecule has 0 saturated heterocycles.